The van der Waals surface area contributed by atoms with Gasteiger partial charge in [-0.25, -0.2) is 4.98 Å². The molecule has 0 spiro atoms. The lowest BCUT2D eigenvalue weighted by Gasteiger charge is -2.28. The number of halogens is 1. The Balaban J connectivity index is 1.51. The Morgan fingerprint density at radius 1 is 0.432 bits per heavy atom. The summed E-state index contributed by atoms with van der Waals surface area (Å²) < 4.78 is 1.02. The number of pyridine rings is 1. The Hall–Kier alpha value is -3.89. The highest BCUT2D eigenvalue weighted by molar-refractivity contribution is 9.10. The lowest BCUT2D eigenvalue weighted by Crippen LogP contribution is -2.26. The van der Waals surface area contributed by atoms with E-state index in [0.717, 1.165) is 42.3 Å². The number of hydrogen-bond acceptors (Lipinski definition) is 3. The summed E-state index contributed by atoms with van der Waals surface area (Å²) in [6.45, 7) is 3.10. The van der Waals surface area contributed by atoms with Crippen molar-refractivity contribution in [3.8, 4) is 0 Å². The van der Waals surface area contributed by atoms with Crippen LogP contribution in [-0.2, 0) is 26.2 Å². The number of anilines is 2. The van der Waals surface area contributed by atoms with Gasteiger partial charge in [-0.2, -0.15) is 0 Å². The molecule has 4 aromatic carbocycles. The Morgan fingerprint density at radius 2 is 0.703 bits per heavy atom. The summed E-state index contributed by atoms with van der Waals surface area (Å²) in [5, 5.41) is 0. The van der Waals surface area contributed by atoms with Crippen LogP contribution in [0.4, 0.5) is 11.6 Å². The Morgan fingerprint density at radius 3 is 0.973 bits per heavy atom. The van der Waals surface area contributed by atoms with Gasteiger partial charge in [-0.1, -0.05) is 137 Å². The molecule has 0 amide bonds. The maximum atomic E-state index is 5.24. The number of benzene rings is 4. The molecule has 0 saturated carbocycles. The molecule has 0 N–H and O–H groups in total. The quantitative estimate of drug-likeness (QED) is 0.175. The summed E-state index contributed by atoms with van der Waals surface area (Å²) in [5.41, 5.74) is 5.03. The zero-order valence-corrected chi connectivity index (χ0v) is 22.3. The summed E-state index contributed by atoms with van der Waals surface area (Å²) in [5.74, 6) is 1.89. The molecule has 0 fully saturated rings. The molecule has 0 unspecified atom stereocenters. The van der Waals surface area contributed by atoms with Crippen molar-refractivity contribution in [3.05, 3.63) is 160 Å². The monoisotopic (exact) mass is 547 g/mol. The summed E-state index contributed by atoms with van der Waals surface area (Å²) in [6.07, 6.45) is 0. The van der Waals surface area contributed by atoms with E-state index in [1.54, 1.807) is 0 Å². The molecule has 0 atom stereocenters. The average Bonchev–Trinajstić information content (AvgIpc) is 2.94. The number of rotatable bonds is 10. The van der Waals surface area contributed by atoms with Gasteiger partial charge >= 0.3 is 0 Å². The molecule has 0 aliphatic carbocycles. The third-order valence-electron chi connectivity index (χ3n) is 6.28. The number of hydrogen-bond donors (Lipinski definition) is 0. The van der Waals surface area contributed by atoms with E-state index in [-0.39, 0.29) is 0 Å². The molecule has 184 valence electrons. The second-order valence-corrected chi connectivity index (χ2v) is 10.1. The van der Waals surface area contributed by atoms with Crippen LogP contribution >= 0.6 is 15.9 Å². The Labute approximate surface area is 228 Å². The van der Waals surface area contributed by atoms with Crippen molar-refractivity contribution in [2.45, 2.75) is 26.2 Å². The van der Waals surface area contributed by atoms with Crippen LogP contribution in [-0.4, -0.2) is 4.98 Å². The van der Waals surface area contributed by atoms with Crippen LogP contribution < -0.4 is 9.80 Å². The van der Waals surface area contributed by atoms with Crippen molar-refractivity contribution < 1.29 is 0 Å². The first-order valence-electron chi connectivity index (χ1n) is 12.6. The standard InChI is InChI=1S/C33H30BrN3/c34-31-21-32(36(23-27-13-5-1-6-14-27)24-28-15-7-2-8-16-28)35-33(22-31)37(25-29-17-9-3-10-18-29)26-30-19-11-4-12-20-30/h1-22H,23-26H2. The highest BCUT2D eigenvalue weighted by atomic mass is 79.9. The number of aromatic nitrogens is 1. The van der Waals surface area contributed by atoms with Gasteiger partial charge in [0.2, 0.25) is 0 Å². The molecule has 37 heavy (non-hydrogen) atoms. The van der Waals surface area contributed by atoms with E-state index in [1.807, 2.05) is 0 Å². The van der Waals surface area contributed by atoms with Crippen LogP contribution in [0.15, 0.2) is 138 Å². The first-order chi connectivity index (χ1) is 18.2. The third kappa shape index (κ3) is 7.08. The van der Waals surface area contributed by atoms with Gasteiger partial charge in [0.15, 0.2) is 0 Å². The summed E-state index contributed by atoms with van der Waals surface area (Å²) in [6, 6.07) is 46.6. The molecule has 1 heterocycles. The molecule has 1 aromatic heterocycles. The van der Waals surface area contributed by atoms with Gasteiger partial charge in [0, 0.05) is 30.7 Å². The van der Waals surface area contributed by atoms with Crippen LogP contribution in [0.25, 0.3) is 0 Å². The normalized spacial score (nSPS) is 10.7. The molecule has 0 bridgehead atoms. The topological polar surface area (TPSA) is 19.4 Å². The van der Waals surface area contributed by atoms with Crippen molar-refractivity contribution in [2.75, 3.05) is 9.80 Å². The largest absolute Gasteiger partial charge is 0.348 e. The van der Waals surface area contributed by atoms with Crippen LogP contribution in [0.5, 0.6) is 0 Å². The second kappa shape index (κ2) is 12.4. The van der Waals surface area contributed by atoms with Gasteiger partial charge in [0.05, 0.1) is 0 Å². The minimum Gasteiger partial charge on any atom is -0.348 e. The van der Waals surface area contributed by atoms with Crippen LogP contribution in [0.2, 0.25) is 0 Å². The predicted molar refractivity (Wildman–Crippen MR) is 157 cm³/mol. The van der Waals surface area contributed by atoms with E-state index in [4.69, 9.17) is 4.98 Å². The van der Waals surface area contributed by atoms with Crippen LogP contribution in [0, 0.1) is 0 Å². The molecule has 0 aliphatic heterocycles. The van der Waals surface area contributed by atoms with E-state index >= 15 is 0 Å². The molecule has 5 aromatic rings. The lowest BCUT2D eigenvalue weighted by molar-refractivity contribution is 0.758. The molecule has 0 saturated heterocycles. The van der Waals surface area contributed by atoms with E-state index in [0.29, 0.717) is 0 Å². The fourth-order valence-corrected chi connectivity index (χ4v) is 4.85. The van der Waals surface area contributed by atoms with E-state index in [2.05, 4.69) is 159 Å². The van der Waals surface area contributed by atoms with Crippen LogP contribution in [0.1, 0.15) is 22.3 Å². The Kier molecular flexibility index (Phi) is 8.29. The van der Waals surface area contributed by atoms with Gasteiger partial charge in [-0.15, -0.1) is 0 Å². The maximum Gasteiger partial charge on any atom is 0.132 e. The molecular weight excluding hydrogens is 518 g/mol. The van der Waals surface area contributed by atoms with Gasteiger partial charge < -0.3 is 9.80 Å². The van der Waals surface area contributed by atoms with Gasteiger partial charge in [0.25, 0.3) is 0 Å². The maximum absolute atomic E-state index is 5.24. The average molecular weight is 549 g/mol. The summed E-state index contributed by atoms with van der Waals surface area (Å²) >= 11 is 3.80. The fourth-order valence-electron chi connectivity index (χ4n) is 4.45. The second-order valence-electron chi connectivity index (χ2n) is 9.16. The lowest BCUT2D eigenvalue weighted by atomic mass is 10.1. The summed E-state index contributed by atoms with van der Waals surface area (Å²) in [7, 11) is 0. The molecule has 4 heteroatoms. The third-order valence-corrected chi connectivity index (χ3v) is 6.73. The minimum absolute atomic E-state index is 0.774. The van der Waals surface area contributed by atoms with E-state index in [9.17, 15) is 0 Å². The molecule has 0 aliphatic rings. The SMILES string of the molecule is Brc1cc(N(Cc2ccccc2)Cc2ccccc2)nc(N(Cc2ccccc2)Cc2ccccc2)c1. The molecule has 0 radical (unpaired) electrons. The summed E-state index contributed by atoms with van der Waals surface area (Å²) in [4.78, 5) is 9.94. The van der Waals surface area contributed by atoms with Crippen LogP contribution in [0.3, 0.4) is 0 Å². The van der Waals surface area contributed by atoms with Gasteiger partial charge in [-0.3, -0.25) is 0 Å². The molecular formula is C33H30BrN3. The molecule has 3 nitrogen and oxygen atoms in total. The Bertz CT molecular complexity index is 1190. The van der Waals surface area contributed by atoms with Crippen molar-refractivity contribution in [1.82, 2.24) is 4.98 Å². The van der Waals surface area contributed by atoms with Crippen molar-refractivity contribution in [1.29, 1.82) is 0 Å². The zero-order chi connectivity index (χ0) is 25.3. The smallest absolute Gasteiger partial charge is 0.132 e. The van der Waals surface area contributed by atoms with Crippen molar-refractivity contribution in [3.63, 3.8) is 0 Å². The molecule has 5 rings (SSSR count). The predicted octanol–water partition coefficient (Wildman–Crippen LogP) is 8.26. The van der Waals surface area contributed by atoms with Gasteiger partial charge in [0.1, 0.15) is 11.6 Å². The van der Waals surface area contributed by atoms with E-state index in [1.165, 1.54) is 22.3 Å². The first-order valence-corrected chi connectivity index (χ1v) is 13.4. The first kappa shape index (κ1) is 24.8. The van der Waals surface area contributed by atoms with Gasteiger partial charge in [-0.05, 0) is 34.4 Å². The minimum atomic E-state index is 0.774. The van der Waals surface area contributed by atoms with Crippen molar-refractivity contribution >= 4 is 27.6 Å². The van der Waals surface area contributed by atoms with Crippen molar-refractivity contribution in [2.24, 2.45) is 0 Å². The van der Waals surface area contributed by atoms with E-state index < -0.39 is 0 Å². The fraction of sp³-hybridized carbons (Fsp3) is 0.121. The highest BCUT2D eigenvalue weighted by Gasteiger charge is 2.16. The zero-order valence-electron chi connectivity index (χ0n) is 20.7. The highest BCUT2D eigenvalue weighted by Crippen LogP contribution is 2.28. The number of nitrogens with zero attached hydrogens (tertiary/aromatic N) is 3.